The molecule has 0 radical (unpaired) electrons. The second-order valence-electron chi connectivity index (χ2n) is 4.35. The van der Waals surface area contributed by atoms with Crippen LogP contribution in [0.15, 0.2) is 22.8 Å². The summed E-state index contributed by atoms with van der Waals surface area (Å²) >= 11 is 0. The lowest BCUT2D eigenvalue weighted by Gasteiger charge is -2.18. The highest BCUT2D eigenvalue weighted by molar-refractivity contribution is 6.00. The van der Waals surface area contributed by atoms with E-state index in [9.17, 15) is 14.4 Å². The minimum Gasteiger partial charge on any atom is -0.468 e. The van der Waals surface area contributed by atoms with Gasteiger partial charge in [-0.05, 0) is 18.6 Å². The first-order valence-electron chi connectivity index (χ1n) is 6.07. The Hall–Kier alpha value is -2.11. The van der Waals surface area contributed by atoms with Crippen molar-refractivity contribution in [3.05, 3.63) is 24.2 Å². The summed E-state index contributed by atoms with van der Waals surface area (Å²) in [5.74, 6) is -1.49. The topological polar surface area (TPSA) is 76.8 Å². The molecule has 1 fully saturated rings. The van der Waals surface area contributed by atoms with E-state index in [-0.39, 0.29) is 30.3 Å². The van der Waals surface area contributed by atoms with Crippen molar-refractivity contribution in [3.63, 3.8) is 0 Å². The van der Waals surface area contributed by atoms with Gasteiger partial charge in [-0.1, -0.05) is 0 Å². The molecule has 1 saturated heterocycles. The van der Waals surface area contributed by atoms with Crippen molar-refractivity contribution in [1.82, 2.24) is 4.90 Å². The van der Waals surface area contributed by atoms with E-state index in [1.807, 2.05) is 0 Å². The molecule has 1 aliphatic heterocycles. The molecule has 6 nitrogen and oxygen atoms in total. The fraction of sp³-hybridized carbons (Fsp3) is 0.462. The Labute approximate surface area is 110 Å². The molecule has 0 aromatic carbocycles. The molecule has 2 rings (SSSR count). The molecule has 19 heavy (non-hydrogen) atoms. The van der Waals surface area contributed by atoms with Crippen molar-refractivity contribution in [3.8, 4) is 0 Å². The van der Waals surface area contributed by atoms with Gasteiger partial charge < -0.3 is 14.1 Å². The summed E-state index contributed by atoms with van der Waals surface area (Å²) in [6, 6.07) is 3.21. The van der Waals surface area contributed by atoms with Crippen LogP contribution in [0.1, 0.15) is 23.4 Å². The third-order valence-electron chi connectivity index (χ3n) is 3.21. The number of likely N-dealkylation sites (tertiary alicyclic amines) is 1. The number of methoxy groups -OCH3 is 1. The van der Waals surface area contributed by atoms with Gasteiger partial charge in [-0.15, -0.1) is 0 Å². The zero-order chi connectivity index (χ0) is 13.8. The number of carbonyl (C=O) groups is 3. The van der Waals surface area contributed by atoms with E-state index in [1.165, 1.54) is 18.3 Å². The molecular formula is C13H15NO5. The second kappa shape index (κ2) is 5.69. The fourth-order valence-corrected chi connectivity index (χ4v) is 2.13. The highest BCUT2D eigenvalue weighted by Gasteiger charge is 2.32. The van der Waals surface area contributed by atoms with E-state index in [4.69, 9.17) is 4.42 Å². The number of hydrogen-bond donors (Lipinski definition) is 0. The number of esters is 1. The van der Waals surface area contributed by atoms with Crippen molar-refractivity contribution < 1.29 is 23.5 Å². The predicted octanol–water partition coefficient (Wildman–Crippen LogP) is 0.874. The third kappa shape index (κ3) is 2.83. The van der Waals surface area contributed by atoms with E-state index >= 15 is 0 Å². The Kier molecular flexibility index (Phi) is 3.99. The van der Waals surface area contributed by atoms with Crippen molar-refractivity contribution in [2.24, 2.45) is 5.92 Å². The number of rotatable bonds is 2. The second-order valence-corrected chi connectivity index (χ2v) is 4.35. The lowest BCUT2D eigenvalue weighted by Crippen LogP contribution is -2.32. The monoisotopic (exact) mass is 265 g/mol. The number of ether oxygens (including phenoxy) is 1. The fourth-order valence-electron chi connectivity index (χ4n) is 2.13. The van der Waals surface area contributed by atoms with Crippen LogP contribution in [0.5, 0.6) is 0 Å². The maximum absolute atomic E-state index is 12.1. The van der Waals surface area contributed by atoms with E-state index in [2.05, 4.69) is 4.74 Å². The van der Waals surface area contributed by atoms with Crippen LogP contribution in [0.2, 0.25) is 0 Å². The van der Waals surface area contributed by atoms with Crippen LogP contribution < -0.4 is 0 Å². The Morgan fingerprint density at radius 1 is 1.42 bits per heavy atom. The van der Waals surface area contributed by atoms with Gasteiger partial charge in [0.25, 0.3) is 5.91 Å². The number of ketones is 1. The quantitative estimate of drug-likeness (QED) is 0.586. The summed E-state index contributed by atoms with van der Waals surface area (Å²) in [6.45, 7) is 0.636. The van der Waals surface area contributed by atoms with E-state index < -0.39 is 11.9 Å². The van der Waals surface area contributed by atoms with Gasteiger partial charge in [0.15, 0.2) is 5.76 Å². The largest absolute Gasteiger partial charge is 0.468 e. The molecule has 0 aliphatic carbocycles. The molecule has 1 aromatic rings. The highest BCUT2D eigenvalue weighted by atomic mass is 16.5. The molecule has 1 atom stereocenters. The molecule has 0 N–H and O–H groups in total. The van der Waals surface area contributed by atoms with Crippen LogP contribution in [0, 0.1) is 5.92 Å². The van der Waals surface area contributed by atoms with Crippen LogP contribution in [-0.4, -0.2) is 42.8 Å². The molecule has 0 spiro atoms. The van der Waals surface area contributed by atoms with Gasteiger partial charge in [0.05, 0.1) is 13.4 Å². The lowest BCUT2D eigenvalue weighted by molar-refractivity contribution is -0.149. The van der Waals surface area contributed by atoms with Crippen molar-refractivity contribution in [2.75, 3.05) is 20.2 Å². The van der Waals surface area contributed by atoms with Crippen LogP contribution in [-0.2, 0) is 14.3 Å². The summed E-state index contributed by atoms with van der Waals surface area (Å²) in [5.41, 5.74) is 0. The van der Waals surface area contributed by atoms with E-state index in [1.54, 1.807) is 12.1 Å². The average Bonchev–Trinajstić information content (AvgIpc) is 2.88. The minimum atomic E-state index is -0.764. The smallest absolute Gasteiger partial charge is 0.316 e. The van der Waals surface area contributed by atoms with Gasteiger partial charge in [-0.2, -0.15) is 0 Å². The van der Waals surface area contributed by atoms with Crippen LogP contribution in [0.25, 0.3) is 0 Å². The average molecular weight is 265 g/mol. The lowest BCUT2D eigenvalue weighted by atomic mass is 10.00. The summed E-state index contributed by atoms with van der Waals surface area (Å²) in [4.78, 5) is 36.9. The maximum Gasteiger partial charge on any atom is 0.316 e. The number of Topliss-reactive ketones (excluding diaryl/α,β-unsaturated/α-hetero) is 1. The zero-order valence-corrected chi connectivity index (χ0v) is 10.6. The van der Waals surface area contributed by atoms with Gasteiger partial charge in [0.1, 0.15) is 11.7 Å². The summed E-state index contributed by atoms with van der Waals surface area (Å²) < 4.78 is 9.65. The van der Waals surface area contributed by atoms with E-state index in [0.717, 1.165) is 0 Å². The Morgan fingerprint density at radius 2 is 2.21 bits per heavy atom. The first kappa shape index (κ1) is 13.3. The van der Waals surface area contributed by atoms with Gasteiger partial charge in [0, 0.05) is 19.5 Å². The van der Waals surface area contributed by atoms with Gasteiger partial charge in [-0.3, -0.25) is 14.4 Å². The van der Waals surface area contributed by atoms with E-state index in [0.29, 0.717) is 13.1 Å². The Balaban J connectivity index is 2.06. The van der Waals surface area contributed by atoms with Crippen molar-refractivity contribution in [2.45, 2.75) is 12.8 Å². The molecule has 1 aromatic heterocycles. The van der Waals surface area contributed by atoms with Crippen LogP contribution >= 0.6 is 0 Å². The molecule has 0 bridgehead atoms. The molecule has 6 heteroatoms. The molecule has 2 heterocycles. The standard InChI is InChI=1S/C13H15NO5/c1-18-13(17)9-4-6-14(7-5-10(9)15)12(16)11-3-2-8-19-11/h2-3,8-9H,4-7H2,1H3. The van der Waals surface area contributed by atoms with Crippen molar-refractivity contribution in [1.29, 1.82) is 0 Å². The zero-order valence-electron chi connectivity index (χ0n) is 10.6. The SMILES string of the molecule is COC(=O)C1CCN(C(=O)c2ccco2)CCC1=O. The maximum atomic E-state index is 12.1. The number of carbonyl (C=O) groups excluding carboxylic acids is 3. The molecule has 1 unspecified atom stereocenters. The number of furan rings is 1. The third-order valence-corrected chi connectivity index (χ3v) is 3.21. The summed E-state index contributed by atoms with van der Waals surface area (Å²) in [7, 11) is 1.26. The number of amides is 1. The Bertz CT molecular complexity index is 479. The minimum absolute atomic E-state index is 0.159. The molecule has 1 aliphatic rings. The molecule has 1 amide bonds. The predicted molar refractivity (Wildman–Crippen MR) is 64.4 cm³/mol. The van der Waals surface area contributed by atoms with Gasteiger partial charge in [-0.25, -0.2) is 0 Å². The Morgan fingerprint density at radius 3 is 2.84 bits per heavy atom. The normalized spacial score (nSPS) is 19.9. The van der Waals surface area contributed by atoms with Crippen LogP contribution in [0.3, 0.4) is 0 Å². The molecule has 102 valence electrons. The van der Waals surface area contributed by atoms with Gasteiger partial charge in [0.2, 0.25) is 0 Å². The summed E-state index contributed by atoms with van der Waals surface area (Å²) in [5, 5.41) is 0. The molecular weight excluding hydrogens is 250 g/mol. The first-order valence-corrected chi connectivity index (χ1v) is 6.07. The molecule has 0 saturated carbocycles. The first-order chi connectivity index (χ1) is 9.13. The van der Waals surface area contributed by atoms with Gasteiger partial charge >= 0.3 is 5.97 Å². The van der Waals surface area contributed by atoms with Crippen molar-refractivity contribution >= 4 is 17.7 Å². The number of nitrogens with zero attached hydrogens (tertiary/aromatic N) is 1. The van der Waals surface area contributed by atoms with Crippen LogP contribution in [0.4, 0.5) is 0 Å². The highest BCUT2D eigenvalue weighted by Crippen LogP contribution is 2.17. The summed E-state index contributed by atoms with van der Waals surface area (Å²) in [6.07, 6.45) is 1.87. The number of hydrogen-bond acceptors (Lipinski definition) is 5.